The summed E-state index contributed by atoms with van der Waals surface area (Å²) in [6.45, 7) is 7.02. The predicted octanol–water partition coefficient (Wildman–Crippen LogP) is 3.11. The zero-order valence-corrected chi connectivity index (χ0v) is 13.2. The number of likely N-dealkylation sites (N-methyl/N-ethyl adjacent to an activating group) is 1. The van der Waals surface area contributed by atoms with Crippen LogP contribution in [-0.4, -0.2) is 40.8 Å². The molecule has 0 aliphatic carbocycles. The van der Waals surface area contributed by atoms with Crippen LogP contribution in [-0.2, 0) is 9.53 Å². The molecule has 5 heteroatoms. The number of benzene rings is 1. The summed E-state index contributed by atoms with van der Waals surface area (Å²) < 4.78 is 5.24. The normalized spacial score (nSPS) is 14.1. The van der Waals surface area contributed by atoms with Crippen molar-refractivity contribution in [3.8, 4) is 0 Å². The van der Waals surface area contributed by atoms with Crippen molar-refractivity contribution in [2.24, 2.45) is 0 Å². The van der Waals surface area contributed by atoms with E-state index in [0.29, 0.717) is 0 Å². The highest BCUT2D eigenvalue weighted by atomic mass is 16.6. The Morgan fingerprint density at radius 3 is 2.14 bits per heavy atom. The van der Waals surface area contributed by atoms with Crippen LogP contribution in [0.3, 0.4) is 0 Å². The van der Waals surface area contributed by atoms with Crippen molar-refractivity contribution >= 4 is 12.1 Å². The van der Waals surface area contributed by atoms with Crippen molar-refractivity contribution in [2.45, 2.75) is 45.3 Å². The molecule has 1 N–H and O–H groups in total. The van der Waals surface area contributed by atoms with Gasteiger partial charge in [0.25, 0.3) is 0 Å². The van der Waals surface area contributed by atoms with Crippen LogP contribution >= 0.6 is 0 Å². The minimum Gasteiger partial charge on any atom is -0.480 e. The Labute approximate surface area is 125 Å². The van der Waals surface area contributed by atoms with Crippen LogP contribution in [0, 0.1) is 0 Å². The topological polar surface area (TPSA) is 66.8 Å². The Bertz CT molecular complexity index is 493. The smallest absolute Gasteiger partial charge is 0.410 e. The van der Waals surface area contributed by atoms with Gasteiger partial charge in [-0.3, -0.25) is 4.90 Å². The van der Waals surface area contributed by atoms with Crippen LogP contribution in [0.4, 0.5) is 4.79 Å². The Hall–Kier alpha value is -2.04. The second kappa shape index (κ2) is 6.61. The highest BCUT2D eigenvalue weighted by Crippen LogP contribution is 2.24. The van der Waals surface area contributed by atoms with E-state index >= 15 is 0 Å². The van der Waals surface area contributed by atoms with Gasteiger partial charge in [-0.1, -0.05) is 37.3 Å². The zero-order chi connectivity index (χ0) is 16.2. The number of nitrogens with zero attached hydrogens (tertiary/aromatic N) is 1. The molecule has 0 radical (unpaired) electrons. The Morgan fingerprint density at radius 1 is 1.19 bits per heavy atom. The molecule has 0 aliphatic rings. The van der Waals surface area contributed by atoms with Gasteiger partial charge in [0, 0.05) is 13.0 Å². The summed E-state index contributed by atoms with van der Waals surface area (Å²) in [4.78, 5) is 24.8. The number of amides is 1. The lowest BCUT2D eigenvalue weighted by molar-refractivity contribution is -0.143. The fraction of sp³-hybridized carbons (Fsp3) is 0.500. The maximum Gasteiger partial charge on any atom is 0.410 e. The highest BCUT2D eigenvalue weighted by Gasteiger charge is 2.34. The molecule has 1 aromatic rings. The van der Waals surface area contributed by atoms with E-state index in [-0.39, 0.29) is 5.92 Å². The molecular weight excluding hydrogens is 270 g/mol. The van der Waals surface area contributed by atoms with Gasteiger partial charge in [-0.15, -0.1) is 0 Å². The SMILES string of the molecule is CC(c1ccccc1)C(C(=O)O)N(C)C(=O)OC(C)(C)C. The van der Waals surface area contributed by atoms with E-state index in [4.69, 9.17) is 4.74 Å². The van der Waals surface area contributed by atoms with Gasteiger partial charge in [0.1, 0.15) is 11.6 Å². The predicted molar refractivity (Wildman–Crippen MR) is 80.3 cm³/mol. The molecule has 0 bridgehead atoms. The van der Waals surface area contributed by atoms with E-state index in [0.717, 1.165) is 10.5 Å². The van der Waals surface area contributed by atoms with E-state index in [1.165, 1.54) is 7.05 Å². The van der Waals surface area contributed by atoms with Crippen LogP contribution in [0.5, 0.6) is 0 Å². The molecule has 2 unspecified atom stereocenters. The van der Waals surface area contributed by atoms with Gasteiger partial charge in [0.2, 0.25) is 0 Å². The van der Waals surface area contributed by atoms with Crippen molar-refractivity contribution in [3.05, 3.63) is 35.9 Å². The Balaban J connectivity index is 2.96. The number of hydrogen-bond acceptors (Lipinski definition) is 3. The van der Waals surface area contributed by atoms with Crippen LogP contribution in [0.25, 0.3) is 0 Å². The quantitative estimate of drug-likeness (QED) is 0.926. The summed E-state index contributed by atoms with van der Waals surface area (Å²) in [5.74, 6) is -1.40. The number of rotatable bonds is 4. The molecule has 116 valence electrons. The van der Waals surface area contributed by atoms with Gasteiger partial charge in [0.05, 0.1) is 0 Å². The number of aliphatic carboxylic acids is 1. The summed E-state index contributed by atoms with van der Waals surface area (Å²) in [5, 5.41) is 9.47. The molecular formula is C16H23NO4. The first-order chi connectivity index (χ1) is 9.63. The third kappa shape index (κ3) is 4.77. The molecule has 0 spiro atoms. The van der Waals surface area contributed by atoms with Gasteiger partial charge >= 0.3 is 12.1 Å². The molecule has 0 heterocycles. The van der Waals surface area contributed by atoms with Crippen LogP contribution in [0.2, 0.25) is 0 Å². The molecule has 1 aromatic carbocycles. The van der Waals surface area contributed by atoms with Crippen LogP contribution in [0.1, 0.15) is 39.2 Å². The molecule has 0 saturated carbocycles. The number of ether oxygens (including phenoxy) is 1. The summed E-state index contributed by atoms with van der Waals surface area (Å²) >= 11 is 0. The van der Waals surface area contributed by atoms with E-state index in [9.17, 15) is 14.7 Å². The van der Waals surface area contributed by atoms with Crippen molar-refractivity contribution in [1.82, 2.24) is 4.90 Å². The molecule has 0 aromatic heterocycles. The zero-order valence-electron chi connectivity index (χ0n) is 13.2. The minimum atomic E-state index is -1.06. The fourth-order valence-corrected chi connectivity index (χ4v) is 2.10. The molecule has 5 nitrogen and oxygen atoms in total. The van der Waals surface area contributed by atoms with E-state index in [2.05, 4.69) is 0 Å². The van der Waals surface area contributed by atoms with Gasteiger partial charge < -0.3 is 9.84 Å². The lowest BCUT2D eigenvalue weighted by atomic mass is 9.92. The molecule has 0 fully saturated rings. The largest absolute Gasteiger partial charge is 0.480 e. The maximum atomic E-state index is 12.1. The lowest BCUT2D eigenvalue weighted by Crippen LogP contribution is -2.47. The Kier molecular flexibility index (Phi) is 5.35. The number of carbonyl (C=O) groups is 2. The highest BCUT2D eigenvalue weighted by molar-refractivity contribution is 5.81. The molecule has 1 amide bonds. The summed E-state index contributed by atoms with van der Waals surface area (Å²) in [6.07, 6.45) is -0.641. The van der Waals surface area contributed by atoms with Crippen molar-refractivity contribution in [2.75, 3.05) is 7.05 Å². The standard InChI is InChI=1S/C16H23NO4/c1-11(12-9-7-6-8-10-12)13(14(18)19)17(5)15(20)21-16(2,3)4/h6-11,13H,1-5H3,(H,18,19). The van der Waals surface area contributed by atoms with Gasteiger partial charge in [0.15, 0.2) is 0 Å². The van der Waals surface area contributed by atoms with Crippen molar-refractivity contribution in [1.29, 1.82) is 0 Å². The number of carbonyl (C=O) groups excluding carboxylic acids is 1. The van der Waals surface area contributed by atoms with E-state index in [1.54, 1.807) is 27.7 Å². The fourth-order valence-electron chi connectivity index (χ4n) is 2.10. The third-order valence-electron chi connectivity index (χ3n) is 3.15. The summed E-state index contributed by atoms with van der Waals surface area (Å²) in [7, 11) is 1.45. The van der Waals surface area contributed by atoms with Crippen LogP contribution in [0.15, 0.2) is 30.3 Å². The lowest BCUT2D eigenvalue weighted by Gasteiger charge is -2.31. The minimum absolute atomic E-state index is 0.346. The third-order valence-corrected chi connectivity index (χ3v) is 3.15. The maximum absolute atomic E-state index is 12.1. The number of carboxylic acid groups (broad SMARTS) is 1. The second-order valence-corrected chi connectivity index (χ2v) is 6.07. The molecule has 21 heavy (non-hydrogen) atoms. The van der Waals surface area contributed by atoms with Crippen molar-refractivity contribution < 1.29 is 19.4 Å². The van der Waals surface area contributed by atoms with Gasteiger partial charge in [-0.25, -0.2) is 9.59 Å². The second-order valence-electron chi connectivity index (χ2n) is 6.07. The summed E-state index contributed by atoms with van der Waals surface area (Å²) in [6, 6.07) is 8.27. The monoisotopic (exact) mass is 293 g/mol. The average Bonchev–Trinajstić information content (AvgIpc) is 2.37. The van der Waals surface area contributed by atoms with E-state index in [1.807, 2.05) is 30.3 Å². The van der Waals surface area contributed by atoms with Gasteiger partial charge in [-0.2, -0.15) is 0 Å². The molecule has 2 atom stereocenters. The molecule has 0 aliphatic heterocycles. The first kappa shape index (κ1) is 17.0. The number of hydrogen-bond donors (Lipinski definition) is 1. The first-order valence-electron chi connectivity index (χ1n) is 6.87. The van der Waals surface area contributed by atoms with Crippen molar-refractivity contribution in [3.63, 3.8) is 0 Å². The Morgan fingerprint density at radius 2 is 1.71 bits per heavy atom. The first-order valence-corrected chi connectivity index (χ1v) is 6.87. The van der Waals surface area contributed by atoms with Crippen LogP contribution < -0.4 is 0 Å². The van der Waals surface area contributed by atoms with Gasteiger partial charge in [-0.05, 0) is 26.3 Å². The molecule has 0 saturated heterocycles. The average molecular weight is 293 g/mol. The van der Waals surface area contributed by atoms with E-state index < -0.39 is 23.7 Å². The number of carboxylic acids is 1. The summed E-state index contributed by atoms with van der Waals surface area (Å²) in [5.41, 5.74) is 0.199. The molecule has 1 rings (SSSR count).